The molecule has 25 heavy (non-hydrogen) atoms. The smallest absolute Gasteiger partial charge is 0.355 e. The lowest BCUT2D eigenvalue weighted by atomic mass is 10.1. The van der Waals surface area contributed by atoms with Crippen molar-refractivity contribution >= 4 is 28.5 Å². The topological polar surface area (TPSA) is 73.7 Å². The number of nitrogens with zero attached hydrogens (tertiary/aromatic N) is 3. The average molecular weight is 339 g/mol. The van der Waals surface area contributed by atoms with Crippen LogP contribution in [-0.4, -0.2) is 35.9 Å². The predicted molar refractivity (Wildman–Crippen MR) is 92.5 cm³/mol. The highest BCUT2D eigenvalue weighted by molar-refractivity contribution is 6.07. The van der Waals surface area contributed by atoms with E-state index in [9.17, 15) is 9.59 Å². The lowest BCUT2D eigenvalue weighted by molar-refractivity contribution is -0.139. The molecule has 1 aliphatic heterocycles. The summed E-state index contributed by atoms with van der Waals surface area (Å²) in [6.07, 6.45) is 8.46. The van der Waals surface area contributed by atoms with Crippen molar-refractivity contribution in [3.63, 3.8) is 0 Å². The molecule has 0 aliphatic carbocycles. The molecule has 2 aromatic rings. The Hall–Kier alpha value is -3.35. The van der Waals surface area contributed by atoms with Gasteiger partial charge in [0.15, 0.2) is 0 Å². The number of aryl methyl sites for hydroxylation is 1. The summed E-state index contributed by atoms with van der Waals surface area (Å²) in [4.78, 5) is 26.2. The summed E-state index contributed by atoms with van der Waals surface area (Å²) in [5.74, 6) is -1.27. The first-order valence-corrected chi connectivity index (χ1v) is 7.54. The van der Waals surface area contributed by atoms with Crippen molar-refractivity contribution in [2.45, 2.75) is 0 Å². The fourth-order valence-corrected chi connectivity index (χ4v) is 2.70. The number of ether oxygens (including phenoxy) is 2. The first-order chi connectivity index (χ1) is 12.1. The SMILES string of the molecule is COC(=O)C1=C(C(=O)OC)N(c2cccc3cn(C)nc23)C=CC=C1. The van der Waals surface area contributed by atoms with E-state index in [-0.39, 0.29) is 11.3 Å². The highest BCUT2D eigenvalue weighted by atomic mass is 16.5. The summed E-state index contributed by atoms with van der Waals surface area (Å²) in [6.45, 7) is 0. The Balaban J connectivity index is 2.27. The summed E-state index contributed by atoms with van der Waals surface area (Å²) < 4.78 is 11.4. The van der Waals surface area contributed by atoms with Crippen LogP contribution in [0.1, 0.15) is 0 Å². The predicted octanol–water partition coefficient (Wildman–Crippen LogP) is 2.06. The molecule has 7 nitrogen and oxygen atoms in total. The number of esters is 2. The third kappa shape index (κ3) is 2.91. The zero-order valence-electron chi connectivity index (χ0n) is 14.1. The molecule has 0 atom stereocenters. The van der Waals surface area contributed by atoms with Crippen LogP contribution >= 0.6 is 0 Å². The molecule has 0 radical (unpaired) electrons. The number of methoxy groups -OCH3 is 2. The lowest BCUT2D eigenvalue weighted by Gasteiger charge is -2.23. The van der Waals surface area contributed by atoms with Crippen LogP contribution in [0.25, 0.3) is 10.9 Å². The second-order valence-corrected chi connectivity index (χ2v) is 5.33. The number of fused-ring (bicyclic) bond motifs is 1. The third-order valence-electron chi connectivity index (χ3n) is 3.78. The Morgan fingerprint density at radius 2 is 1.84 bits per heavy atom. The van der Waals surface area contributed by atoms with Gasteiger partial charge in [0.2, 0.25) is 0 Å². The Morgan fingerprint density at radius 3 is 2.56 bits per heavy atom. The third-order valence-corrected chi connectivity index (χ3v) is 3.78. The molecule has 1 aromatic carbocycles. The minimum atomic E-state index is -0.649. The second-order valence-electron chi connectivity index (χ2n) is 5.33. The van der Waals surface area contributed by atoms with Gasteiger partial charge in [-0.3, -0.25) is 4.68 Å². The van der Waals surface area contributed by atoms with Gasteiger partial charge in [-0.05, 0) is 18.2 Å². The van der Waals surface area contributed by atoms with Crippen LogP contribution < -0.4 is 4.90 Å². The molecule has 7 heteroatoms. The van der Waals surface area contributed by atoms with Gasteiger partial charge in [-0.15, -0.1) is 0 Å². The van der Waals surface area contributed by atoms with Gasteiger partial charge in [0.25, 0.3) is 0 Å². The summed E-state index contributed by atoms with van der Waals surface area (Å²) in [5.41, 5.74) is 1.52. The number of carbonyl (C=O) groups is 2. The van der Waals surface area contributed by atoms with Crippen LogP contribution in [0, 0.1) is 0 Å². The fourth-order valence-electron chi connectivity index (χ4n) is 2.70. The van der Waals surface area contributed by atoms with Crippen molar-refractivity contribution in [2.24, 2.45) is 7.05 Å². The molecule has 0 saturated heterocycles. The zero-order valence-corrected chi connectivity index (χ0v) is 14.1. The maximum Gasteiger partial charge on any atom is 0.355 e. The minimum Gasteiger partial charge on any atom is -0.465 e. The molecule has 2 heterocycles. The van der Waals surface area contributed by atoms with Crippen LogP contribution in [0.15, 0.2) is 60.1 Å². The molecule has 0 N–H and O–H groups in total. The first kappa shape index (κ1) is 16.5. The largest absolute Gasteiger partial charge is 0.465 e. The van der Waals surface area contributed by atoms with Crippen LogP contribution in [0.2, 0.25) is 0 Å². The molecule has 0 fully saturated rings. The van der Waals surface area contributed by atoms with Crippen molar-refractivity contribution in [1.82, 2.24) is 9.78 Å². The number of hydrogen-bond donors (Lipinski definition) is 0. The molecule has 0 bridgehead atoms. The van der Waals surface area contributed by atoms with E-state index < -0.39 is 11.9 Å². The van der Waals surface area contributed by atoms with Gasteiger partial charge in [0, 0.05) is 24.8 Å². The standard InChI is InChI=1S/C18H17N3O4/c1-20-11-12-7-6-9-14(15(12)19-20)21-10-5-4-8-13(17(22)24-2)16(21)18(23)25-3/h4-11H,1-3H3. The number of anilines is 1. The van der Waals surface area contributed by atoms with E-state index in [1.54, 1.807) is 27.9 Å². The first-order valence-electron chi connectivity index (χ1n) is 7.54. The van der Waals surface area contributed by atoms with E-state index in [0.29, 0.717) is 11.2 Å². The quantitative estimate of drug-likeness (QED) is 0.797. The van der Waals surface area contributed by atoms with E-state index in [4.69, 9.17) is 9.47 Å². The summed E-state index contributed by atoms with van der Waals surface area (Å²) in [5, 5.41) is 5.37. The number of hydrogen-bond acceptors (Lipinski definition) is 6. The van der Waals surface area contributed by atoms with Crippen LogP contribution in [0.5, 0.6) is 0 Å². The van der Waals surface area contributed by atoms with Crippen molar-refractivity contribution in [3.05, 3.63) is 60.1 Å². The average Bonchev–Trinajstić information content (AvgIpc) is 2.87. The Morgan fingerprint density at radius 1 is 1.08 bits per heavy atom. The van der Waals surface area contributed by atoms with Crippen LogP contribution in [0.3, 0.4) is 0 Å². The number of allylic oxidation sites excluding steroid dienone is 2. The van der Waals surface area contributed by atoms with E-state index >= 15 is 0 Å². The Bertz CT molecular complexity index is 937. The molecule has 3 rings (SSSR count). The van der Waals surface area contributed by atoms with Gasteiger partial charge in [-0.2, -0.15) is 5.10 Å². The van der Waals surface area contributed by atoms with Gasteiger partial charge < -0.3 is 14.4 Å². The highest BCUT2D eigenvalue weighted by Gasteiger charge is 2.28. The molecule has 128 valence electrons. The van der Waals surface area contributed by atoms with Crippen molar-refractivity contribution in [3.8, 4) is 0 Å². The zero-order chi connectivity index (χ0) is 18.0. The van der Waals surface area contributed by atoms with Crippen molar-refractivity contribution in [1.29, 1.82) is 0 Å². The molecule has 1 aromatic heterocycles. The van der Waals surface area contributed by atoms with E-state index in [0.717, 1.165) is 5.39 Å². The molecule has 0 spiro atoms. The number of benzene rings is 1. The van der Waals surface area contributed by atoms with Gasteiger partial charge >= 0.3 is 11.9 Å². The lowest BCUT2D eigenvalue weighted by Crippen LogP contribution is -2.27. The van der Waals surface area contributed by atoms with E-state index in [1.165, 1.54) is 20.3 Å². The molecule has 0 saturated carbocycles. The summed E-state index contributed by atoms with van der Waals surface area (Å²) in [7, 11) is 4.35. The van der Waals surface area contributed by atoms with E-state index in [1.807, 2.05) is 31.4 Å². The Labute approximate surface area is 144 Å². The van der Waals surface area contributed by atoms with Crippen molar-refractivity contribution < 1.29 is 19.1 Å². The van der Waals surface area contributed by atoms with Crippen LogP contribution in [0.4, 0.5) is 5.69 Å². The molecule has 0 unspecified atom stereocenters. The van der Waals surface area contributed by atoms with Crippen LogP contribution in [-0.2, 0) is 26.1 Å². The van der Waals surface area contributed by atoms with Gasteiger partial charge in [-0.25, -0.2) is 9.59 Å². The fraction of sp³-hybridized carbons (Fsp3) is 0.167. The monoisotopic (exact) mass is 339 g/mol. The van der Waals surface area contributed by atoms with Gasteiger partial charge in [-0.1, -0.05) is 18.2 Å². The molecule has 1 aliphatic rings. The second kappa shape index (κ2) is 6.64. The molecule has 0 amide bonds. The van der Waals surface area contributed by atoms with Gasteiger partial charge in [0.05, 0.1) is 25.5 Å². The maximum atomic E-state index is 12.5. The summed E-state index contributed by atoms with van der Waals surface area (Å²) in [6, 6.07) is 5.61. The Kier molecular flexibility index (Phi) is 4.38. The highest BCUT2D eigenvalue weighted by Crippen LogP contribution is 2.31. The maximum absolute atomic E-state index is 12.5. The van der Waals surface area contributed by atoms with E-state index in [2.05, 4.69) is 5.10 Å². The number of rotatable bonds is 3. The number of carbonyl (C=O) groups excluding carboxylic acids is 2. The molecular weight excluding hydrogens is 322 g/mol. The normalized spacial score (nSPS) is 14.0. The number of aromatic nitrogens is 2. The van der Waals surface area contributed by atoms with Gasteiger partial charge in [0.1, 0.15) is 11.2 Å². The molecular formula is C18H17N3O4. The summed E-state index contributed by atoms with van der Waals surface area (Å²) >= 11 is 0. The van der Waals surface area contributed by atoms with Crippen molar-refractivity contribution in [2.75, 3.05) is 19.1 Å². The minimum absolute atomic E-state index is 0.0671.